The van der Waals surface area contributed by atoms with Gasteiger partial charge in [-0.3, -0.25) is 0 Å². The molecule has 0 bridgehead atoms. The smallest absolute Gasteiger partial charge is 0.133 e. The molecular formula is C13H12N2OS. The van der Waals surface area contributed by atoms with Gasteiger partial charge in [0.25, 0.3) is 0 Å². The van der Waals surface area contributed by atoms with E-state index in [1.54, 1.807) is 11.8 Å². The summed E-state index contributed by atoms with van der Waals surface area (Å²) >= 11 is 1.78. The van der Waals surface area contributed by atoms with Crippen molar-refractivity contribution < 1.29 is 4.52 Å². The normalized spacial score (nSPS) is 10.1. The largest absolute Gasteiger partial charge is 0.361 e. The van der Waals surface area contributed by atoms with E-state index in [1.807, 2.05) is 37.3 Å². The van der Waals surface area contributed by atoms with Crippen LogP contribution in [0.1, 0.15) is 22.6 Å². The van der Waals surface area contributed by atoms with Crippen molar-refractivity contribution in [1.29, 1.82) is 5.26 Å². The third-order valence-corrected chi connectivity index (χ3v) is 3.32. The quantitative estimate of drug-likeness (QED) is 0.828. The number of hydrogen-bond acceptors (Lipinski definition) is 4. The Bertz CT molecular complexity index is 525. The number of nitriles is 1. The second-order valence-corrected chi connectivity index (χ2v) is 4.72. The summed E-state index contributed by atoms with van der Waals surface area (Å²) in [7, 11) is 0. The van der Waals surface area contributed by atoms with Gasteiger partial charge in [-0.15, -0.1) is 0 Å². The lowest BCUT2D eigenvalue weighted by Crippen LogP contribution is -1.84. The molecule has 1 heterocycles. The minimum Gasteiger partial charge on any atom is -0.361 e. The van der Waals surface area contributed by atoms with E-state index >= 15 is 0 Å². The van der Waals surface area contributed by atoms with Gasteiger partial charge in [0, 0.05) is 17.6 Å². The molecule has 2 aromatic rings. The molecule has 0 aliphatic rings. The first kappa shape index (κ1) is 11.7. The van der Waals surface area contributed by atoms with E-state index < -0.39 is 0 Å². The molecule has 0 atom stereocenters. The number of benzene rings is 1. The number of aryl methyl sites for hydroxylation is 1. The molecule has 0 unspecified atom stereocenters. The van der Waals surface area contributed by atoms with Crippen molar-refractivity contribution >= 4 is 11.8 Å². The molecule has 4 heteroatoms. The van der Waals surface area contributed by atoms with Crippen LogP contribution in [0, 0.1) is 18.3 Å². The molecule has 0 spiro atoms. The summed E-state index contributed by atoms with van der Waals surface area (Å²) < 4.78 is 5.00. The fourth-order valence-electron chi connectivity index (χ4n) is 1.43. The second-order valence-electron chi connectivity index (χ2n) is 3.73. The minimum absolute atomic E-state index is 0.700. The maximum absolute atomic E-state index is 8.68. The van der Waals surface area contributed by atoms with Gasteiger partial charge < -0.3 is 4.52 Å². The molecule has 0 amide bonds. The SMILES string of the molecule is Cc1cc(CSCc2ccc(C#N)cc2)no1. The van der Waals surface area contributed by atoms with Crippen LogP contribution in [-0.2, 0) is 11.5 Å². The molecule has 2 rings (SSSR count). The first-order chi connectivity index (χ1) is 8.28. The fourth-order valence-corrected chi connectivity index (χ4v) is 2.31. The summed E-state index contributed by atoms with van der Waals surface area (Å²) in [6.07, 6.45) is 0. The number of hydrogen-bond donors (Lipinski definition) is 0. The molecule has 0 saturated carbocycles. The highest BCUT2D eigenvalue weighted by atomic mass is 32.2. The van der Waals surface area contributed by atoms with Gasteiger partial charge in [0.05, 0.1) is 17.3 Å². The van der Waals surface area contributed by atoms with Gasteiger partial charge in [-0.05, 0) is 24.6 Å². The molecule has 3 nitrogen and oxygen atoms in total. The Morgan fingerprint density at radius 1 is 1.29 bits per heavy atom. The lowest BCUT2D eigenvalue weighted by Gasteiger charge is -1.99. The van der Waals surface area contributed by atoms with Gasteiger partial charge in [-0.1, -0.05) is 17.3 Å². The molecule has 0 saturated heterocycles. The molecular weight excluding hydrogens is 232 g/mol. The standard InChI is InChI=1S/C13H12N2OS/c1-10-6-13(15-16-10)9-17-8-12-4-2-11(7-14)3-5-12/h2-6H,8-9H2,1H3. The van der Waals surface area contributed by atoms with Crippen molar-refractivity contribution in [2.45, 2.75) is 18.4 Å². The molecule has 17 heavy (non-hydrogen) atoms. The lowest BCUT2D eigenvalue weighted by atomic mass is 10.2. The Labute approximate surface area is 104 Å². The van der Waals surface area contributed by atoms with E-state index in [0.29, 0.717) is 5.56 Å². The molecule has 86 valence electrons. The average molecular weight is 244 g/mol. The maximum Gasteiger partial charge on any atom is 0.133 e. The van der Waals surface area contributed by atoms with Crippen LogP contribution >= 0.6 is 11.8 Å². The minimum atomic E-state index is 0.700. The average Bonchev–Trinajstić information content (AvgIpc) is 2.76. The van der Waals surface area contributed by atoms with E-state index in [9.17, 15) is 0 Å². The van der Waals surface area contributed by atoms with Gasteiger partial charge in [0.15, 0.2) is 0 Å². The van der Waals surface area contributed by atoms with Crippen LogP contribution in [0.2, 0.25) is 0 Å². The molecule has 0 aliphatic heterocycles. The summed E-state index contributed by atoms with van der Waals surface area (Å²) in [5.74, 6) is 2.61. The van der Waals surface area contributed by atoms with Crippen molar-refractivity contribution in [2.75, 3.05) is 0 Å². The highest BCUT2D eigenvalue weighted by molar-refractivity contribution is 7.97. The number of rotatable bonds is 4. The summed E-state index contributed by atoms with van der Waals surface area (Å²) in [4.78, 5) is 0. The van der Waals surface area contributed by atoms with Crippen LogP contribution in [0.25, 0.3) is 0 Å². The lowest BCUT2D eigenvalue weighted by molar-refractivity contribution is 0.393. The predicted octanol–water partition coefficient (Wildman–Crippen LogP) is 3.29. The summed E-state index contributed by atoms with van der Waals surface area (Å²) in [6, 6.07) is 11.7. The van der Waals surface area contributed by atoms with Gasteiger partial charge in [-0.2, -0.15) is 17.0 Å². The zero-order chi connectivity index (χ0) is 12.1. The molecule has 1 aromatic heterocycles. The number of nitrogens with zero attached hydrogens (tertiary/aromatic N) is 2. The topological polar surface area (TPSA) is 49.8 Å². The third kappa shape index (κ3) is 3.36. The zero-order valence-electron chi connectivity index (χ0n) is 9.51. The first-order valence-corrected chi connectivity index (χ1v) is 6.42. The highest BCUT2D eigenvalue weighted by Crippen LogP contribution is 2.17. The third-order valence-electron chi connectivity index (χ3n) is 2.28. The van der Waals surface area contributed by atoms with E-state index in [0.717, 1.165) is 23.0 Å². The maximum atomic E-state index is 8.68. The Morgan fingerprint density at radius 2 is 2.06 bits per heavy atom. The van der Waals surface area contributed by atoms with E-state index in [2.05, 4.69) is 11.2 Å². The van der Waals surface area contributed by atoms with Crippen LogP contribution in [-0.4, -0.2) is 5.16 Å². The van der Waals surface area contributed by atoms with Crippen LogP contribution in [0.3, 0.4) is 0 Å². The van der Waals surface area contributed by atoms with E-state index in [1.165, 1.54) is 5.56 Å². The number of aromatic nitrogens is 1. The van der Waals surface area contributed by atoms with Crippen LogP contribution in [0.5, 0.6) is 0 Å². The summed E-state index contributed by atoms with van der Waals surface area (Å²) in [5.41, 5.74) is 2.89. The van der Waals surface area contributed by atoms with Crippen molar-refractivity contribution in [2.24, 2.45) is 0 Å². The van der Waals surface area contributed by atoms with Gasteiger partial charge in [0.1, 0.15) is 5.76 Å². The molecule has 0 fully saturated rings. The number of thioether (sulfide) groups is 1. The monoisotopic (exact) mass is 244 g/mol. The van der Waals surface area contributed by atoms with E-state index in [4.69, 9.17) is 9.78 Å². The molecule has 0 aliphatic carbocycles. The van der Waals surface area contributed by atoms with Crippen molar-refractivity contribution in [3.05, 3.63) is 52.9 Å². The molecule has 0 radical (unpaired) electrons. The Morgan fingerprint density at radius 3 is 2.65 bits per heavy atom. The molecule has 0 N–H and O–H groups in total. The predicted molar refractivity (Wildman–Crippen MR) is 67.4 cm³/mol. The zero-order valence-corrected chi connectivity index (χ0v) is 10.3. The van der Waals surface area contributed by atoms with E-state index in [-0.39, 0.29) is 0 Å². The Balaban J connectivity index is 1.84. The highest BCUT2D eigenvalue weighted by Gasteiger charge is 2.01. The van der Waals surface area contributed by atoms with Crippen LogP contribution in [0.4, 0.5) is 0 Å². The second kappa shape index (κ2) is 5.55. The van der Waals surface area contributed by atoms with Gasteiger partial charge >= 0.3 is 0 Å². The van der Waals surface area contributed by atoms with Gasteiger partial charge in [0.2, 0.25) is 0 Å². The van der Waals surface area contributed by atoms with Crippen molar-refractivity contribution in [3.63, 3.8) is 0 Å². The van der Waals surface area contributed by atoms with Crippen LogP contribution < -0.4 is 0 Å². The Hall–Kier alpha value is -1.73. The molecule has 1 aromatic carbocycles. The Kier molecular flexibility index (Phi) is 3.84. The summed E-state index contributed by atoms with van der Waals surface area (Å²) in [6.45, 7) is 1.89. The van der Waals surface area contributed by atoms with Gasteiger partial charge in [-0.25, -0.2) is 0 Å². The summed E-state index contributed by atoms with van der Waals surface area (Å²) in [5, 5.41) is 12.6. The first-order valence-electron chi connectivity index (χ1n) is 5.27. The fraction of sp³-hybridized carbons (Fsp3) is 0.231. The van der Waals surface area contributed by atoms with Crippen LogP contribution in [0.15, 0.2) is 34.9 Å². The van der Waals surface area contributed by atoms with Crippen molar-refractivity contribution in [1.82, 2.24) is 5.16 Å². The van der Waals surface area contributed by atoms with Crippen molar-refractivity contribution in [3.8, 4) is 6.07 Å².